The predicted molar refractivity (Wildman–Crippen MR) is 134 cm³/mol. The number of para-hydroxylation sites is 2. The third-order valence-corrected chi connectivity index (χ3v) is 7.44. The van der Waals surface area contributed by atoms with Crippen LogP contribution in [0.1, 0.15) is 101 Å². The summed E-state index contributed by atoms with van der Waals surface area (Å²) in [6.07, 6.45) is 4.46. The Morgan fingerprint density at radius 2 is 0.871 bits per heavy atom. The van der Waals surface area contributed by atoms with Crippen LogP contribution in [0.15, 0.2) is 48.8 Å². The summed E-state index contributed by atoms with van der Waals surface area (Å²) in [6.45, 7) is 18.3. The Balaban J connectivity index is 2.40. The van der Waals surface area contributed by atoms with Gasteiger partial charge in [0, 0.05) is 0 Å². The van der Waals surface area contributed by atoms with Crippen LogP contribution >= 0.6 is 14.1 Å². The fourth-order valence-electron chi connectivity index (χ4n) is 4.31. The molecule has 0 atom stereocenters. The summed E-state index contributed by atoms with van der Waals surface area (Å²) >= 11 is 5.49. The van der Waals surface area contributed by atoms with Crippen molar-refractivity contribution in [2.45, 2.75) is 79.1 Å². The first-order valence-electron chi connectivity index (χ1n) is 11.3. The van der Waals surface area contributed by atoms with Gasteiger partial charge in [0.1, 0.15) is 0 Å². The van der Waals surface area contributed by atoms with Gasteiger partial charge in [-0.05, 0) is 0 Å². The number of rotatable bonds is 6. The van der Waals surface area contributed by atoms with E-state index < -0.39 is 0 Å². The Morgan fingerprint density at radius 1 is 0.581 bits per heavy atom. The SMILES string of the molecule is CC(C)c1cccc(C(C)C)c1-n1ccn(-c2c(C(C)C)cccc2C(C)C)[c]1=[Cu][Br]. The summed E-state index contributed by atoms with van der Waals surface area (Å²) in [4.78, 5) is 0. The van der Waals surface area contributed by atoms with Gasteiger partial charge in [-0.2, -0.15) is 0 Å². The topological polar surface area (TPSA) is 9.86 Å². The van der Waals surface area contributed by atoms with Gasteiger partial charge in [-0.1, -0.05) is 0 Å². The second kappa shape index (κ2) is 10.1. The van der Waals surface area contributed by atoms with Crippen LogP contribution in [0.4, 0.5) is 0 Å². The summed E-state index contributed by atoms with van der Waals surface area (Å²) in [5.74, 6) is 1.80. The molecule has 0 radical (unpaired) electrons. The molecular formula is C27H36BrCuN2. The quantitative estimate of drug-likeness (QED) is 0.281. The van der Waals surface area contributed by atoms with Crippen LogP contribution in [0.5, 0.6) is 0 Å². The summed E-state index contributed by atoms with van der Waals surface area (Å²) in [5.41, 5.74) is 8.18. The number of nitrogens with zero attached hydrogens (tertiary/aromatic N) is 2. The number of imidazole rings is 1. The molecule has 0 saturated heterocycles. The van der Waals surface area contributed by atoms with Crippen molar-refractivity contribution < 1.29 is 12.7 Å². The molecule has 0 amide bonds. The molecule has 3 rings (SSSR count). The average molecular weight is 532 g/mol. The van der Waals surface area contributed by atoms with E-state index >= 15 is 0 Å². The Hall–Kier alpha value is -1.35. The van der Waals surface area contributed by atoms with E-state index in [9.17, 15) is 0 Å². The van der Waals surface area contributed by atoms with Gasteiger partial charge in [0.05, 0.1) is 0 Å². The van der Waals surface area contributed by atoms with E-state index in [2.05, 4.69) is 127 Å². The van der Waals surface area contributed by atoms with Gasteiger partial charge in [0.15, 0.2) is 0 Å². The predicted octanol–water partition coefficient (Wildman–Crippen LogP) is 8.69. The first kappa shape index (κ1) is 24.3. The van der Waals surface area contributed by atoms with Crippen molar-refractivity contribution in [3.8, 4) is 11.4 Å². The minimum atomic E-state index is 0.450. The van der Waals surface area contributed by atoms with Gasteiger partial charge in [0.25, 0.3) is 0 Å². The molecule has 172 valence electrons. The van der Waals surface area contributed by atoms with E-state index in [1.165, 1.54) is 33.6 Å². The van der Waals surface area contributed by atoms with E-state index in [1.807, 2.05) is 0 Å². The van der Waals surface area contributed by atoms with Crippen molar-refractivity contribution in [1.29, 1.82) is 0 Å². The van der Waals surface area contributed by atoms with E-state index in [4.69, 9.17) is 0 Å². The van der Waals surface area contributed by atoms with Crippen LogP contribution in [0.2, 0.25) is 0 Å². The number of aromatic nitrogens is 2. The molecule has 1 aromatic heterocycles. The van der Waals surface area contributed by atoms with Crippen molar-refractivity contribution in [3.05, 3.63) is 75.4 Å². The minimum absolute atomic E-state index is 0.450. The molecule has 3 aromatic rings. The molecule has 2 aromatic carbocycles. The molecule has 0 N–H and O–H groups in total. The van der Waals surface area contributed by atoms with Crippen molar-refractivity contribution in [3.63, 3.8) is 0 Å². The number of hydrogen-bond acceptors (Lipinski definition) is 0. The molecule has 0 aliphatic heterocycles. The van der Waals surface area contributed by atoms with Crippen molar-refractivity contribution in [1.82, 2.24) is 9.13 Å². The van der Waals surface area contributed by atoms with Gasteiger partial charge in [-0.25, -0.2) is 0 Å². The molecular weight excluding hydrogens is 496 g/mol. The third-order valence-electron chi connectivity index (χ3n) is 5.94. The van der Waals surface area contributed by atoms with Gasteiger partial charge < -0.3 is 0 Å². The van der Waals surface area contributed by atoms with Crippen molar-refractivity contribution in [2.75, 3.05) is 0 Å². The second-order valence-electron chi connectivity index (χ2n) is 9.52. The van der Waals surface area contributed by atoms with Crippen LogP contribution in [0.25, 0.3) is 11.4 Å². The van der Waals surface area contributed by atoms with E-state index in [-0.39, 0.29) is 0 Å². The maximum absolute atomic E-state index is 3.74. The fourth-order valence-corrected chi connectivity index (χ4v) is 5.78. The fraction of sp³-hybridized carbons (Fsp3) is 0.444. The first-order chi connectivity index (χ1) is 14.7. The van der Waals surface area contributed by atoms with E-state index in [0.717, 1.165) is 4.32 Å². The maximum atomic E-state index is 3.74. The molecule has 0 aliphatic carbocycles. The summed E-state index contributed by atoms with van der Waals surface area (Å²) in [6, 6.07) is 13.5. The molecule has 0 unspecified atom stereocenters. The van der Waals surface area contributed by atoms with Gasteiger partial charge in [-0.15, -0.1) is 0 Å². The molecule has 0 fully saturated rings. The average Bonchev–Trinajstić information content (AvgIpc) is 3.15. The third kappa shape index (κ3) is 4.72. The van der Waals surface area contributed by atoms with Gasteiger partial charge in [-0.3, -0.25) is 0 Å². The number of benzene rings is 2. The summed E-state index contributed by atoms with van der Waals surface area (Å²) in [7, 11) is 0. The molecule has 0 spiro atoms. The Morgan fingerprint density at radius 3 is 1.10 bits per heavy atom. The van der Waals surface area contributed by atoms with E-state index in [0.29, 0.717) is 23.7 Å². The normalized spacial score (nSPS) is 12.2. The van der Waals surface area contributed by atoms with Crippen molar-refractivity contribution in [2.24, 2.45) is 0 Å². The van der Waals surface area contributed by atoms with Crippen LogP contribution in [-0.4, -0.2) is 9.13 Å². The van der Waals surface area contributed by atoms with Gasteiger partial charge >= 0.3 is 202 Å². The van der Waals surface area contributed by atoms with Gasteiger partial charge in [0.2, 0.25) is 0 Å². The molecule has 2 nitrogen and oxygen atoms in total. The number of hydrogen-bond donors (Lipinski definition) is 0. The Kier molecular flexibility index (Phi) is 7.89. The molecule has 0 saturated carbocycles. The zero-order valence-electron chi connectivity index (χ0n) is 20.0. The summed E-state index contributed by atoms with van der Waals surface area (Å²) < 4.78 is 5.91. The summed E-state index contributed by atoms with van der Waals surface area (Å²) in [5, 5.41) is 0. The van der Waals surface area contributed by atoms with Crippen LogP contribution in [0.3, 0.4) is 0 Å². The zero-order chi connectivity index (χ0) is 22.9. The van der Waals surface area contributed by atoms with Crippen molar-refractivity contribution >= 4 is 14.1 Å². The zero-order valence-corrected chi connectivity index (χ0v) is 22.5. The standard InChI is InChI=1S/C27H36N2.BrH.Cu/c1-18(2)22-11-9-12-23(19(3)4)26(22)28-15-16-29(17-28)27-24(20(5)6)13-10-14-25(27)21(7)8;;/h9-16,18-21H,1-8H3;1H;/q;;+1/p-1. The Bertz CT molecular complexity index is 980. The molecule has 0 aliphatic rings. The van der Waals surface area contributed by atoms with Crippen LogP contribution in [0, 0.1) is 4.32 Å². The molecule has 31 heavy (non-hydrogen) atoms. The molecule has 4 heteroatoms. The monoisotopic (exact) mass is 530 g/mol. The Labute approximate surface area is 201 Å². The van der Waals surface area contributed by atoms with Crippen LogP contribution in [-0.2, 0) is 12.7 Å². The molecule has 0 bridgehead atoms. The molecule has 1 heterocycles. The number of halogens is 1. The first-order valence-corrected chi connectivity index (χ1v) is 14.1. The van der Waals surface area contributed by atoms with Crippen LogP contribution < -0.4 is 0 Å². The second-order valence-corrected chi connectivity index (χ2v) is 11.1. The van der Waals surface area contributed by atoms with E-state index in [1.54, 1.807) is 12.7 Å².